The second-order valence-electron chi connectivity index (χ2n) is 11.2. The molecule has 1 aromatic carbocycles. The number of benzene rings is 1. The monoisotopic (exact) mass is 689 g/mol. The SMILES string of the molecule is CC[C@H](C)[C@H](C)C(=O)N[C@@H](CCC(=O)O)C(=O)NCC(=O)N[C@@H](CCCN=C(N)N)C(=O)Nc1ccc2nc(C3=NCCS3)sc2c1. The maximum Gasteiger partial charge on any atom is 0.303 e. The summed E-state index contributed by atoms with van der Waals surface area (Å²) in [5.41, 5.74) is 12.1. The lowest BCUT2D eigenvalue weighted by Crippen LogP contribution is -2.52. The third-order valence-corrected chi connectivity index (χ3v) is 9.77. The number of carbonyl (C=O) groups is 5. The van der Waals surface area contributed by atoms with Crippen LogP contribution in [0.1, 0.15) is 57.9 Å². The zero-order valence-corrected chi connectivity index (χ0v) is 28.3. The number of carboxylic acid groups (broad SMARTS) is 1. The highest BCUT2D eigenvalue weighted by Crippen LogP contribution is 2.29. The van der Waals surface area contributed by atoms with Crippen molar-refractivity contribution in [3.8, 4) is 0 Å². The number of amides is 4. The molecule has 17 heteroatoms. The van der Waals surface area contributed by atoms with E-state index in [4.69, 9.17) is 16.6 Å². The van der Waals surface area contributed by atoms with Gasteiger partial charge in [0.2, 0.25) is 23.6 Å². The predicted molar refractivity (Wildman–Crippen MR) is 184 cm³/mol. The van der Waals surface area contributed by atoms with Crippen molar-refractivity contribution in [1.29, 1.82) is 0 Å². The van der Waals surface area contributed by atoms with Crippen LogP contribution in [0, 0.1) is 11.8 Å². The molecule has 0 radical (unpaired) electrons. The fourth-order valence-electron chi connectivity index (χ4n) is 4.55. The van der Waals surface area contributed by atoms with Crippen molar-refractivity contribution >= 4 is 79.6 Å². The highest BCUT2D eigenvalue weighted by molar-refractivity contribution is 8.15. The van der Waals surface area contributed by atoms with Gasteiger partial charge in [0.15, 0.2) is 5.96 Å². The first-order chi connectivity index (χ1) is 22.4. The summed E-state index contributed by atoms with van der Waals surface area (Å²) in [6.45, 7) is 6.07. The van der Waals surface area contributed by atoms with Crippen LogP contribution in [0.25, 0.3) is 10.2 Å². The van der Waals surface area contributed by atoms with E-state index in [0.29, 0.717) is 12.1 Å². The summed E-state index contributed by atoms with van der Waals surface area (Å²) < 4.78 is 0.868. The number of carbonyl (C=O) groups excluding carboxylic acids is 4. The van der Waals surface area contributed by atoms with E-state index >= 15 is 0 Å². The van der Waals surface area contributed by atoms with Crippen LogP contribution < -0.4 is 32.7 Å². The number of hydrogen-bond acceptors (Lipinski definition) is 10. The number of carboxylic acids is 1. The van der Waals surface area contributed by atoms with Gasteiger partial charge < -0.3 is 37.8 Å². The molecule has 2 heterocycles. The number of hydrogen-bond donors (Lipinski definition) is 7. The fourth-order valence-corrected chi connectivity index (χ4v) is 6.49. The Bertz CT molecular complexity index is 1510. The maximum absolute atomic E-state index is 13.4. The van der Waals surface area contributed by atoms with Crippen molar-refractivity contribution < 1.29 is 29.1 Å². The van der Waals surface area contributed by atoms with Crippen LogP contribution in [-0.2, 0) is 24.0 Å². The number of aliphatic imine (C=N–C) groups is 2. The molecule has 256 valence electrons. The lowest BCUT2D eigenvalue weighted by Gasteiger charge is -2.23. The number of anilines is 1. The summed E-state index contributed by atoms with van der Waals surface area (Å²) in [5.74, 6) is -2.89. The van der Waals surface area contributed by atoms with Gasteiger partial charge in [-0.3, -0.25) is 34.0 Å². The second kappa shape index (κ2) is 18.2. The summed E-state index contributed by atoms with van der Waals surface area (Å²) in [7, 11) is 0. The van der Waals surface area contributed by atoms with Gasteiger partial charge in [-0.1, -0.05) is 27.2 Å². The maximum atomic E-state index is 13.4. The summed E-state index contributed by atoms with van der Waals surface area (Å²) in [5, 5.41) is 21.4. The number of nitrogens with two attached hydrogens (primary N) is 2. The number of rotatable bonds is 18. The van der Waals surface area contributed by atoms with Crippen molar-refractivity contribution in [2.24, 2.45) is 33.3 Å². The molecule has 0 unspecified atom stereocenters. The lowest BCUT2D eigenvalue weighted by atomic mass is 9.92. The van der Waals surface area contributed by atoms with Crippen molar-refractivity contribution in [1.82, 2.24) is 20.9 Å². The first kappa shape index (κ1) is 37.2. The zero-order chi connectivity index (χ0) is 34.5. The molecule has 1 aliphatic rings. The van der Waals surface area contributed by atoms with Crippen molar-refractivity contribution in [2.45, 2.75) is 65.0 Å². The number of aromatic nitrogens is 1. The molecule has 0 aliphatic carbocycles. The van der Waals surface area contributed by atoms with Crippen molar-refractivity contribution in [2.75, 3.05) is 30.7 Å². The van der Waals surface area contributed by atoms with E-state index in [1.165, 1.54) is 11.3 Å². The molecule has 0 bridgehead atoms. The Morgan fingerprint density at radius 2 is 1.79 bits per heavy atom. The predicted octanol–water partition coefficient (Wildman–Crippen LogP) is 1.41. The summed E-state index contributed by atoms with van der Waals surface area (Å²) in [6, 6.07) is 3.18. The molecule has 47 heavy (non-hydrogen) atoms. The van der Waals surface area contributed by atoms with E-state index in [1.54, 1.807) is 36.9 Å². The number of thiazole rings is 1. The molecule has 1 aromatic heterocycles. The molecule has 0 fully saturated rings. The largest absolute Gasteiger partial charge is 0.481 e. The minimum absolute atomic E-state index is 0.0476. The van der Waals surface area contributed by atoms with E-state index in [0.717, 1.165) is 39.0 Å². The minimum Gasteiger partial charge on any atom is -0.481 e. The number of thioether (sulfide) groups is 1. The average molecular weight is 690 g/mol. The topological polar surface area (TPSA) is 243 Å². The van der Waals surface area contributed by atoms with Gasteiger partial charge in [0.25, 0.3) is 0 Å². The molecule has 0 saturated heterocycles. The minimum atomic E-state index is -1.15. The Morgan fingerprint density at radius 1 is 1.04 bits per heavy atom. The van der Waals surface area contributed by atoms with E-state index < -0.39 is 48.2 Å². The molecular weight excluding hydrogens is 647 g/mol. The smallest absolute Gasteiger partial charge is 0.303 e. The Labute approximate surface area is 281 Å². The average Bonchev–Trinajstić information content (AvgIpc) is 3.72. The van der Waals surface area contributed by atoms with E-state index in [1.807, 2.05) is 13.8 Å². The molecule has 1 aliphatic heterocycles. The molecular formula is C30H43N9O6S2. The number of fused-ring (bicyclic) bond motifs is 1. The highest BCUT2D eigenvalue weighted by atomic mass is 32.2. The molecule has 15 nitrogen and oxygen atoms in total. The van der Waals surface area contributed by atoms with Gasteiger partial charge in [0.05, 0.1) is 16.8 Å². The Morgan fingerprint density at radius 3 is 2.45 bits per heavy atom. The zero-order valence-electron chi connectivity index (χ0n) is 26.7. The Kier molecular flexibility index (Phi) is 14.4. The standard InChI is InChI=1S/C30H43N9O6S2/c1-4-16(2)17(3)25(43)38-21(9-10-24(41)42)26(44)35-15-23(40)37-20(6-5-11-34-30(31)32)27(45)36-18-7-8-19-22(14-18)47-29(39-19)28-33-12-13-46-28/h7-8,14,16-17,20-21H,4-6,9-13,15H2,1-3H3,(H,35,44)(H,36,45)(H,37,40)(H,38,43)(H,41,42)(H4,31,32,34)/t16-,17-,20-,21-/m0/s1. The molecule has 0 spiro atoms. The molecule has 4 amide bonds. The summed E-state index contributed by atoms with van der Waals surface area (Å²) >= 11 is 3.13. The van der Waals surface area contributed by atoms with Crippen LogP contribution >= 0.6 is 23.1 Å². The molecule has 0 saturated carbocycles. The normalized spacial score (nSPS) is 15.1. The van der Waals surface area contributed by atoms with Gasteiger partial charge in [0.1, 0.15) is 22.1 Å². The first-order valence-electron chi connectivity index (χ1n) is 15.4. The van der Waals surface area contributed by atoms with Crippen LogP contribution in [0.4, 0.5) is 5.69 Å². The van der Waals surface area contributed by atoms with Crippen molar-refractivity contribution in [3.63, 3.8) is 0 Å². The van der Waals surface area contributed by atoms with Crippen LogP contribution in [0.15, 0.2) is 28.2 Å². The molecule has 2 aromatic rings. The van der Waals surface area contributed by atoms with E-state index in [2.05, 4.69) is 36.2 Å². The number of guanidine groups is 1. The van der Waals surface area contributed by atoms with Crippen LogP contribution in [0.3, 0.4) is 0 Å². The van der Waals surface area contributed by atoms with Gasteiger partial charge in [-0.2, -0.15) is 0 Å². The lowest BCUT2D eigenvalue weighted by molar-refractivity contribution is -0.138. The quantitative estimate of drug-likeness (QED) is 0.0674. The summed E-state index contributed by atoms with van der Waals surface area (Å²) in [4.78, 5) is 76.2. The number of aliphatic carboxylic acids is 1. The van der Waals surface area contributed by atoms with Crippen LogP contribution in [0.5, 0.6) is 0 Å². The first-order valence-corrected chi connectivity index (χ1v) is 17.2. The van der Waals surface area contributed by atoms with Crippen LogP contribution in [-0.4, -0.2) is 88.2 Å². The number of nitrogens with one attached hydrogen (secondary N) is 4. The van der Waals surface area contributed by atoms with E-state index in [9.17, 15) is 24.0 Å². The molecule has 3 rings (SSSR count). The van der Waals surface area contributed by atoms with Gasteiger partial charge in [-0.25, -0.2) is 4.98 Å². The van der Waals surface area contributed by atoms with Gasteiger partial charge in [-0.15, -0.1) is 23.1 Å². The second-order valence-corrected chi connectivity index (χ2v) is 13.3. The number of nitrogens with zero attached hydrogens (tertiary/aromatic N) is 3. The molecule has 4 atom stereocenters. The van der Waals surface area contributed by atoms with Gasteiger partial charge in [0, 0.05) is 36.9 Å². The van der Waals surface area contributed by atoms with Crippen molar-refractivity contribution in [3.05, 3.63) is 23.2 Å². The fraction of sp³-hybridized carbons (Fsp3) is 0.533. The Hall–Kier alpha value is -4.25. The van der Waals surface area contributed by atoms with Gasteiger partial charge in [-0.05, 0) is 43.4 Å². The third-order valence-electron chi connectivity index (χ3n) is 7.64. The summed E-state index contributed by atoms with van der Waals surface area (Å²) in [6.07, 6.45) is 0.796. The Balaban J connectivity index is 1.65. The highest BCUT2D eigenvalue weighted by Gasteiger charge is 2.27. The van der Waals surface area contributed by atoms with Gasteiger partial charge >= 0.3 is 5.97 Å². The van der Waals surface area contributed by atoms with Crippen LogP contribution in [0.2, 0.25) is 0 Å². The molecule has 9 N–H and O–H groups in total. The third kappa shape index (κ3) is 11.8. The van der Waals surface area contributed by atoms with E-state index in [-0.39, 0.29) is 43.6 Å².